The summed E-state index contributed by atoms with van der Waals surface area (Å²) in [4.78, 5) is 6.90. The zero-order valence-electron chi connectivity index (χ0n) is 13.7. The number of benzene rings is 1. The minimum Gasteiger partial charge on any atom is -0.369 e. The van der Waals surface area contributed by atoms with Crippen LogP contribution >= 0.6 is 11.6 Å². The van der Waals surface area contributed by atoms with Gasteiger partial charge in [0.25, 0.3) is 0 Å². The molecule has 1 aromatic heterocycles. The van der Waals surface area contributed by atoms with Crippen LogP contribution in [0.2, 0.25) is 5.02 Å². The number of guanidine groups is 1. The van der Waals surface area contributed by atoms with Gasteiger partial charge in [-0.2, -0.15) is 0 Å². The van der Waals surface area contributed by atoms with Crippen LogP contribution in [0.15, 0.2) is 46.1 Å². The molecule has 1 atom stereocenters. The molecule has 2 aromatic rings. The molecule has 0 spiro atoms. The van der Waals surface area contributed by atoms with Crippen molar-refractivity contribution in [3.05, 3.63) is 47.3 Å². The monoisotopic (exact) mass is 347 g/mol. The number of hydrogen-bond donors (Lipinski definition) is 2. The Kier molecular flexibility index (Phi) is 5.59. The van der Waals surface area contributed by atoms with Gasteiger partial charge in [0.2, 0.25) is 0 Å². The first kappa shape index (κ1) is 16.6. The van der Waals surface area contributed by atoms with Gasteiger partial charge in [0.05, 0.1) is 6.54 Å². The summed E-state index contributed by atoms with van der Waals surface area (Å²) >= 11 is 6.09. The van der Waals surface area contributed by atoms with Gasteiger partial charge < -0.3 is 20.1 Å². The summed E-state index contributed by atoms with van der Waals surface area (Å²) in [6.45, 7) is 5.29. The first-order valence-electron chi connectivity index (χ1n) is 8.19. The third-order valence-electron chi connectivity index (χ3n) is 3.94. The van der Waals surface area contributed by atoms with Gasteiger partial charge in [0.1, 0.15) is 12.0 Å². The van der Waals surface area contributed by atoms with Crippen LogP contribution in [0.4, 0.5) is 5.69 Å². The highest BCUT2D eigenvalue weighted by molar-refractivity contribution is 6.30. The Morgan fingerprint density at radius 3 is 3.12 bits per heavy atom. The second-order valence-corrected chi connectivity index (χ2v) is 6.18. The average molecular weight is 348 g/mol. The minimum absolute atomic E-state index is 0.346. The molecular weight excluding hydrogens is 326 g/mol. The quantitative estimate of drug-likeness (QED) is 0.643. The van der Waals surface area contributed by atoms with Crippen molar-refractivity contribution in [3.63, 3.8) is 0 Å². The molecule has 1 saturated heterocycles. The fourth-order valence-electron chi connectivity index (χ4n) is 2.78. The number of anilines is 1. The molecule has 0 saturated carbocycles. The molecular formula is C17H22ClN5O. The predicted octanol–water partition coefficient (Wildman–Crippen LogP) is 2.66. The highest BCUT2D eigenvalue weighted by Gasteiger charge is 2.23. The van der Waals surface area contributed by atoms with Gasteiger partial charge >= 0.3 is 0 Å². The summed E-state index contributed by atoms with van der Waals surface area (Å²) in [5, 5.41) is 11.4. The first-order chi connectivity index (χ1) is 11.7. The van der Waals surface area contributed by atoms with Crippen LogP contribution in [0.1, 0.15) is 19.0 Å². The van der Waals surface area contributed by atoms with E-state index in [1.54, 1.807) is 6.26 Å². The second-order valence-electron chi connectivity index (χ2n) is 5.74. The lowest BCUT2D eigenvalue weighted by Crippen LogP contribution is -2.44. The number of nitrogens with zero attached hydrogens (tertiary/aromatic N) is 3. The van der Waals surface area contributed by atoms with Gasteiger partial charge in [-0.3, -0.25) is 0 Å². The highest BCUT2D eigenvalue weighted by atomic mass is 35.5. The topological polar surface area (TPSA) is 65.7 Å². The average Bonchev–Trinajstić information content (AvgIpc) is 3.25. The van der Waals surface area contributed by atoms with Gasteiger partial charge in [0.15, 0.2) is 5.96 Å². The minimum atomic E-state index is 0.346. The van der Waals surface area contributed by atoms with Gasteiger partial charge in [-0.1, -0.05) is 22.8 Å². The largest absolute Gasteiger partial charge is 0.369 e. The van der Waals surface area contributed by atoms with Crippen molar-refractivity contribution < 1.29 is 4.52 Å². The van der Waals surface area contributed by atoms with Crippen molar-refractivity contribution in [2.75, 3.05) is 24.5 Å². The molecule has 0 amide bonds. The van der Waals surface area contributed by atoms with E-state index in [1.807, 2.05) is 24.3 Å². The number of halogens is 1. The first-order valence-corrected chi connectivity index (χ1v) is 8.57. The second kappa shape index (κ2) is 8.06. The van der Waals surface area contributed by atoms with Gasteiger partial charge in [0, 0.05) is 42.5 Å². The van der Waals surface area contributed by atoms with Crippen molar-refractivity contribution in [2.45, 2.75) is 25.9 Å². The fraction of sp³-hybridized carbons (Fsp3) is 0.412. The predicted molar refractivity (Wildman–Crippen MR) is 96.5 cm³/mol. The third-order valence-corrected chi connectivity index (χ3v) is 4.17. The van der Waals surface area contributed by atoms with Crippen molar-refractivity contribution in [1.29, 1.82) is 0 Å². The van der Waals surface area contributed by atoms with Crippen LogP contribution in [-0.4, -0.2) is 36.8 Å². The number of nitrogens with one attached hydrogen (secondary N) is 2. The highest BCUT2D eigenvalue weighted by Crippen LogP contribution is 2.23. The molecule has 0 aliphatic carbocycles. The molecule has 2 N–H and O–H groups in total. The number of aromatic nitrogens is 1. The summed E-state index contributed by atoms with van der Waals surface area (Å²) in [6, 6.07) is 10.2. The van der Waals surface area contributed by atoms with Crippen molar-refractivity contribution in [3.8, 4) is 0 Å². The normalized spacial score (nSPS) is 18.0. The Labute approximate surface area is 146 Å². The molecule has 1 aliphatic heterocycles. The smallest absolute Gasteiger partial charge is 0.191 e. The molecule has 6 nitrogen and oxygen atoms in total. The van der Waals surface area contributed by atoms with E-state index in [-0.39, 0.29) is 0 Å². The van der Waals surface area contributed by atoms with E-state index in [1.165, 1.54) is 0 Å². The van der Waals surface area contributed by atoms with Crippen molar-refractivity contribution in [2.24, 2.45) is 4.99 Å². The van der Waals surface area contributed by atoms with E-state index in [4.69, 9.17) is 16.1 Å². The Balaban J connectivity index is 1.58. The maximum atomic E-state index is 6.09. The summed E-state index contributed by atoms with van der Waals surface area (Å²) < 4.78 is 4.84. The zero-order valence-corrected chi connectivity index (χ0v) is 14.5. The number of aliphatic imine (C=N–C) groups is 1. The molecule has 1 fully saturated rings. The molecule has 7 heteroatoms. The maximum absolute atomic E-state index is 6.09. The van der Waals surface area contributed by atoms with Gasteiger partial charge in [-0.25, -0.2) is 4.99 Å². The number of hydrogen-bond acceptors (Lipinski definition) is 4. The van der Waals surface area contributed by atoms with Crippen LogP contribution in [0.3, 0.4) is 0 Å². The van der Waals surface area contributed by atoms with Crippen LogP contribution in [0, 0.1) is 0 Å². The Morgan fingerprint density at radius 2 is 2.38 bits per heavy atom. The molecule has 0 radical (unpaired) electrons. The third kappa shape index (κ3) is 4.41. The van der Waals surface area contributed by atoms with Crippen LogP contribution in [0.5, 0.6) is 0 Å². The summed E-state index contributed by atoms with van der Waals surface area (Å²) in [5.41, 5.74) is 1.98. The summed E-state index contributed by atoms with van der Waals surface area (Å²) in [6.07, 6.45) is 2.62. The van der Waals surface area contributed by atoms with Crippen LogP contribution in [-0.2, 0) is 6.54 Å². The lowest BCUT2D eigenvalue weighted by atomic mass is 10.2. The van der Waals surface area contributed by atoms with E-state index in [0.29, 0.717) is 12.6 Å². The van der Waals surface area contributed by atoms with E-state index in [9.17, 15) is 0 Å². The van der Waals surface area contributed by atoms with Crippen molar-refractivity contribution >= 4 is 23.2 Å². The van der Waals surface area contributed by atoms with E-state index in [2.05, 4.69) is 38.7 Å². The fourth-order valence-corrected chi connectivity index (χ4v) is 2.96. The lowest BCUT2D eigenvalue weighted by Gasteiger charge is -2.20. The molecule has 2 heterocycles. The molecule has 1 aromatic carbocycles. The lowest BCUT2D eigenvalue weighted by molar-refractivity contribution is 0.412. The molecule has 1 aliphatic rings. The van der Waals surface area contributed by atoms with E-state index >= 15 is 0 Å². The molecule has 0 bridgehead atoms. The molecule has 3 rings (SSSR count). The SMILES string of the molecule is CCNC(=NCc1ccon1)NC1CCN(c2cccc(Cl)c2)C1. The van der Waals surface area contributed by atoms with Gasteiger partial charge in [-0.15, -0.1) is 0 Å². The van der Waals surface area contributed by atoms with Crippen LogP contribution < -0.4 is 15.5 Å². The maximum Gasteiger partial charge on any atom is 0.191 e. The zero-order chi connectivity index (χ0) is 16.8. The Morgan fingerprint density at radius 1 is 1.46 bits per heavy atom. The Hall–Kier alpha value is -2.21. The van der Waals surface area contributed by atoms with E-state index < -0.39 is 0 Å². The van der Waals surface area contributed by atoms with Crippen molar-refractivity contribution in [1.82, 2.24) is 15.8 Å². The molecule has 24 heavy (non-hydrogen) atoms. The molecule has 1 unspecified atom stereocenters. The van der Waals surface area contributed by atoms with Gasteiger partial charge in [-0.05, 0) is 31.5 Å². The number of rotatable bonds is 5. The van der Waals surface area contributed by atoms with Crippen LogP contribution in [0.25, 0.3) is 0 Å². The van der Waals surface area contributed by atoms with E-state index in [0.717, 1.165) is 48.4 Å². The summed E-state index contributed by atoms with van der Waals surface area (Å²) in [5.74, 6) is 0.804. The summed E-state index contributed by atoms with van der Waals surface area (Å²) in [7, 11) is 0. The molecule has 128 valence electrons. The standard InChI is InChI=1S/C17H22ClN5O/c1-2-19-17(20-11-14-7-9-24-22-14)21-15-6-8-23(12-15)16-5-3-4-13(18)10-16/h3-5,7,9-10,15H,2,6,8,11-12H2,1H3,(H2,19,20,21). The Bertz CT molecular complexity index is 673.